The number of para-hydroxylation sites is 1. The van der Waals surface area contributed by atoms with Crippen molar-refractivity contribution in [3.8, 4) is 11.8 Å². The fourth-order valence-corrected chi connectivity index (χ4v) is 8.64. The summed E-state index contributed by atoms with van der Waals surface area (Å²) in [5.41, 5.74) is 6.43. The number of urea groups is 1. The normalized spacial score (nSPS) is 29.8. The van der Waals surface area contributed by atoms with Gasteiger partial charge in [0, 0.05) is 29.0 Å². The number of allylic oxidation sites excluding steroid dienone is 4. The average molecular weight is 563 g/mol. The van der Waals surface area contributed by atoms with Crippen LogP contribution in [-0.4, -0.2) is 29.1 Å². The van der Waals surface area contributed by atoms with Crippen LogP contribution in [0.3, 0.4) is 0 Å². The Hall–Kier alpha value is -3.62. The second kappa shape index (κ2) is 11.6. The third kappa shape index (κ3) is 5.22. The Labute approximate surface area is 249 Å². The van der Waals surface area contributed by atoms with Crippen molar-refractivity contribution in [3.05, 3.63) is 88.5 Å². The van der Waals surface area contributed by atoms with E-state index in [-0.39, 0.29) is 29.7 Å². The lowest BCUT2D eigenvalue weighted by molar-refractivity contribution is -0.114. The molecule has 2 amide bonds. The van der Waals surface area contributed by atoms with Gasteiger partial charge < -0.3 is 15.7 Å². The first-order valence-corrected chi connectivity index (χ1v) is 15.7. The molecule has 0 heterocycles. The Morgan fingerprint density at radius 3 is 2.60 bits per heavy atom. The van der Waals surface area contributed by atoms with Gasteiger partial charge in [-0.2, -0.15) is 0 Å². The summed E-state index contributed by atoms with van der Waals surface area (Å²) in [6.45, 7) is 4.81. The van der Waals surface area contributed by atoms with E-state index in [9.17, 15) is 14.7 Å². The summed E-state index contributed by atoms with van der Waals surface area (Å²) in [5.74, 6) is 7.69. The number of anilines is 1. The van der Waals surface area contributed by atoms with Gasteiger partial charge in [-0.1, -0.05) is 68.0 Å². The highest BCUT2D eigenvalue weighted by molar-refractivity contribution is 5.93. The summed E-state index contributed by atoms with van der Waals surface area (Å²) < 4.78 is 0. The van der Waals surface area contributed by atoms with E-state index in [0.717, 1.165) is 62.6 Å². The fraction of sp³-hybridized carbons (Fsp3) is 0.459. The fourth-order valence-electron chi connectivity index (χ4n) is 8.64. The van der Waals surface area contributed by atoms with Crippen LogP contribution in [0.15, 0.2) is 77.4 Å². The molecule has 4 aliphatic carbocycles. The second-order valence-corrected chi connectivity index (χ2v) is 12.9. The molecule has 0 spiro atoms. The Bertz CT molecular complexity index is 1480. The van der Waals surface area contributed by atoms with Gasteiger partial charge in [-0.3, -0.25) is 4.79 Å². The first kappa shape index (κ1) is 28.5. The van der Waals surface area contributed by atoms with E-state index in [2.05, 4.69) is 60.6 Å². The first-order chi connectivity index (χ1) is 20.3. The van der Waals surface area contributed by atoms with E-state index >= 15 is 0 Å². The maximum atomic E-state index is 12.3. The summed E-state index contributed by atoms with van der Waals surface area (Å²) >= 11 is 0. The molecule has 4 aliphatic rings. The molecule has 5 heteroatoms. The number of nitrogens with one attached hydrogen (secondary N) is 2. The van der Waals surface area contributed by atoms with Crippen LogP contribution in [0.5, 0.6) is 0 Å². The van der Waals surface area contributed by atoms with E-state index < -0.39 is 5.60 Å². The molecule has 0 aliphatic heterocycles. The smallest absolute Gasteiger partial charge is 0.319 e. The van der Waals surface area contributed by atoms with Crippen molar-refractivity contribution >= 4 is 17.5 Å². The minimum atomic E-state index is -0.620. The number of aliphatic hydroxyl groups is 1. The molecule has 3 N–H and O–H groups in total. The minimum absolute atomic E-state index is 0.126. The van der Waals surface area contributed by atoms with Gasteiger partial charge in [0.15, 0.2) is 5.78 Å². The Morgan fingerprint density at radius 1 is 1.05 bits per heavy atom. The standard InChI is InChI=1S/C37H42N2O3/c1-3-20-37(42)21-19-33-31-17-15-27-23-29(40)16-18-30(27)34(31)32(24-36(33,37)2)26-13-11-25(12-14-26)8-7-22-38-35(41)39-28-9-5-4-6-10-28/h4-6,9-14,23,31-33,42H,3,15-22,24H2,1-2H3,(H2,38,39,41). The molecular formula is C37H42N2O3. The van der Waals surface area contributed by atoms with Gasteiger partial charge in [0.25, 0.3) is 0 Å². The molecule has 42 heavy (non-hydrogen) atoms. The highest BCUT2D eigenvalue weighted by Gasteiger charge is 2.62. The zero-order valence-electron chi connectivity index (χ0n) is 24.8. The third-order valence-electron chi connectivity index (χ3n) is 10.6. The molecule has 0 radical (unpaired) electrons. The molecule has 5 nitrogen and oxygen atoms in total. The van der Waals surface area contributed by atoms with Crippen LogP contribution in [0, 0.1) is 29.1 Å². The SMILES string of the molecule is CCCC1(O)CCC2C3CCC4=CC(=O)CCC4=C3C(c3ccc(C#CCNC(=O)Nc4ccccc4)cc3)CC21C. The molecule has 0 bridgehead atoms. The zero-order chi connectivity index (χ0) is 29.3. The number of rotatable bonds is 5. The van der Waals surface area contributed by atoms with E-state index in [0.29, 0.717) is 18.3 Å². The third-order valence-corrected chi connectivity index (χ3v) is 10.6. The van der Waals surface area contributed by atoms with Crippen LogP contribution in [0.25, 0.3) is 0 Å². The summed E-state index contributed by atoms with van der Waals surface area (Å²) in [6, 6.07) is 17.6. The van der Waals surface area contributed by atoms with Crippen molar-refractivity contribution in [3.63, 3.8) is 0 Å². The van der Waals surface area contributed by atoms with E-state index in [1.54, 1.807) is 5.57 Å². The van der Waals surface area contributed by atoms with Crippen molar-refractivity contribution in [2.45, 2.75) is 83.2 Å². The Morgan fingerprint density at radius 2 is 1.83 bits per heavy atom. The van der Waals surface area contributed by atoms with Crippen LogP contribution < -0.4 is 10.6 Å². The van der Waals surface area contributed by atoms with Gasteiger partial charge >= 0.3 is 6.03 Å². The topological polar surface area (TPSA) is 78.4 Å². The van der Waals surface area contributed by atoms with Gasteiger partial charge in [-0.15, -0.1) is 0 Å². The van der Waals surface area contributed by atoms with Crippen molar-refractivity contribution in [2.24, 2.45) is 17.3 Å². The van der Waals surface area contributed by atoms with Gasteiger partial charge in [0.2, 0.25) is 0 Å². The number of hydrogen-bond donors (Lipinski definition) is 3. The summed E-state index contributed by atoms with van der Waals surface area (Å²) in [7, 11) is 0. The van der Waals surface area contributed by atoms with Crippen molar-refractivity contribution in [1.82, 2.24) is 5.32 Å². The lowest BCUT2D eigenvalue weighted by atomic mass is 9.51. The molecule has 5 unspecified atom stereocenters. The predicted octanol–water partition coefficient (Wildman–Crippen LogP) is 7.29. The average Bonchev–Trinajstić information content (AvgIpc) is 3.25. The monoisotopic (exact) mass is 562 g/mol. The van der Waals surface area contributed by atoms with E-state index in [1.807, 2.05) is 36.4 Å². The zero-order valence-corrected chi connectivity index (χ0v) is 24.8. The van der Waals surface area contributed by atoms with Crippen molar-refractivity contribution < 1.29 is 14.7 Å². The Kier molecular flexibility index (Phi) is 7.85. The number of benzene rings is 2. The molecule has 0 saturated heterocycles. The predicted molar refractivity (Wildman–Crippen MR) is 167 cm³/mol. The maximum absolute atomic E-state index is 12.3. The van der Waals surface area contributed by atoms with Gasteiger partial charge in [0.05, 0.1) is 12.1 Å². The van der Waals surface area contributed by atoms with Gasteiger partial charge in [-0.25, -0.2) is 4.79 Å². The molecule has 6 rings (SSSR count). The van der Waals surface area contributed by atoms with Gasteiger partial charge in [-0.05, 0) is 104 Å². The van der Waals surface area contributed by atoms with Crippen LogP contribution >= 0.6 is 0 Å². The number of hydrogen-bond acceptors (Lipinski definition) is 3. The molecule has 218 valence electrons. The quantitative estimate of drug-likeness (QED) is 0.335. The molecule has 0 aromatic heterocycles. The van der Waals surface area contributed by atoms with Crippen LogP contribution in [0.2, 0.25) is 0 Å². The van der Waals surface area contributed by atoms with Gasteiger partial charge in [0.1, 0.15) is 0 Å². The second-order valence-electron chi connectivity index (χ2n) is 12.9. The maximum Gasteiger partial charge on any atom is 0.319 e. The molecule has 2 fully saturated rings. The molecule has 5 atom stereocenters. The van der Waals surface area contributed by atoms with Crippen molar-refractivity contribution in [2.75, 3.05) is 11.9 Å². The number of carbonyl (C=O) groups excluding carboxylic acids is 2. The Balaban J connectivity index is 1.24. The first-order valence-electron chi connectivity index (χ1n) is 15.7. The van der Waals surface area contributed by atoms with Crippen LogP contribution in [0.4, 0.5) is 10.5 Å². The highest BCUT2D eigenvalue weighted by Crippen LogP contribution is 2.67. The minimum Gasteiger partial charge on any atom is -0.389 e. The van der Waals surface area contributed by atoms with Crippen LogP contribution in [0.1, 0.15) is 88.7 Å². The largest absolute Gasteiger partial charge is 0.389 e. The summed E-state index contributed by atoms with van der Waals surface area (Å²) in [5, 5.41) is 17.6. The lowest BCUT2D eigenvalue weighted by Crippen LogP contribution is -2.51. The highest BCUT2D eigenvalue weighted by atomic mass is 16.3. The van der Waals surface area contributed by atoms with E-state index in [4.69, 9.17) is 0 Å². The summed E-state index contributed by atoms with van der Waals surface area (Å²) in [6.07, 6.45) is 10.2. The van der Waals surface area contributed by atoms with Crippen LogP contribution in [-0.2, 0) is 4.79 Å². The summed E-state index contributed by atoms with van der Waals surface area (Å²) in [4.78, 5) is 24.4. The molecule has 2 saturated carbocycles. The number of fused-ring (bicyclic) bond motifs is 4. The number of carbonyl (C=O) groups is 2. The van der Waals surface area contributed by atoms with Crippen molar-refractivity contribution in [1.29, 1.82) is 0 Å². The molecular weight excluding hydrogens is 520 g/mol. The molecule has 2 aromatic rings. The lowest BCUT2D eigenvalue weighted by Gasteiger charge is -2.55. The van der Waals surface area contributed by atoms with E-state index in [1.165, 1.54) is 16.7 Å². The number of ketones is 1. The molecule has 2 aromatic carbocycles. The number of amides is 2.